The number of hydrogen-bond donors (Lipinski definition) is 1. The second kappa shape index (κ2) is 6.01. The zero-order chi connectivity index (χ0) is 13.0. The minimum Gasteiger partial charge on any atom is -0.497 e. The van der Waals surface area contributed by atoms with Gasteiger partial charge in [0.05, 0.1) is 7.11 Å². The second-order valence-electron chi connectivity index (χ2n) is 5.14. The fourth-order valence-electron chi connectivity index (χ4n) is 2.49. The molecule has 3 nitrogen and oxygen atoms in total. The van der Waals surface area contributed by atoms with E-state index in [4.69, 9.17) is 4.74 Å². The zero-order valence-corrected chi connectivity index (χ0v) is 11.1. The summed E-state index contributed by atoms with van der Waals surface area (Å²) >= 11 is 0. The topological polar surface area (TPSA) is 38.3 Å². The average molecular weight is 247 g/mol. The Morgan fingerprint density at radius 2 is 2.11 bits per heavy atom. The first-order valence-corrected chi connectivity index (χ1v) is 6.59. The lowest BCUT2D eigenvalue weighted by atomic mass is 9.90. The van der Waals surface area contributed by atoms with Crippen LogP contribution >= 0.6 is 0 Å². The molecule has 1 saturated heterocycles. The van der Waals surface area contributed by atoms with E-state index in [1.165, 1.54) is 6.42 Å². The number of carbonyl (C=O) groups excluding carboxylic acids is 1. The highest BCUT2D eigenvalue weighted by atomic mass is 16.5. The van der Waals surface area contributed by atoms with Crippen molar-refractivity contribution < 1.29 is 9.53 Å². The van der Waals surface area contributed by atoms with Crippen molar-refractivity contribution in [3.8, 4) is 5.75 Å². The molecule has 0 spiro atoms. The molecule has 1 N–H and O–H groups in total. The van der Waals surface area contributed by atoms with Crippen molar-refractivity contribution in [3.05, 3.63) is 29.8 Å². The molecule has 98 valence electrons. The van der Waals surface area contributed by atoms with Gasteiger partial charge in [-0.05, 0) is 49.6 Å². The average Bonchev–Trinajstić information content (AvgIpc) is 2.39. The largest absolute Gasteiger partial charge is 0.497 e. The van der Waals surface area contributed by atoms with Crippen molar-refractivity contribution in [1.29, 1.82) is 0 Å². The van der Waals surface area contributed by atoms with Crippen LogP contribution in [0.15, 0.2) is 24.3 Å². The molecule has 2 unspecified atom stereocenters. The summed E-state index contributed by atoms with van der Waals surface area (Å²) in [6.07, 6.45) is 2.91. The molecule has 2 rings (SSSR count). The lowest BCUT2D eigenvalue weighted by molar-refractivity contribution is 0.0959. The van der Waals surface area contributed by atoms with Crippen LogP contribution in [0.5, 0.6) is 5.75 Å². The Kier molecular flexibility index (Phi) is 4.37. The number of piperidine rings is 1. The summed E-state index contributed by atoms with van der Waals surface area (Å²) in [7, 11) is 1.63. The Hall–Kier alpha value is -1.35. The van der Waals surface area contributed by atoms with E-state index in [2.05, 4.69) is 12.2 Å². The van der Waals surface area contributed by atoms with Gasteiger partial charge in [-0.2, -0.15) is 0 Å². The number of nitrogens with one attached hydrogen (secondary N) is 1. The first kappa shape index (κ1) is 13.1. The summed E-state index contributed by atoms with van der Waals surface area (Å²) < 4.78 is 5.09. The molecule has 0 aliphatic carbocycles. The molecule has 18 heavy (non-hydrogen) atoms. The summed E-state index contributed by atoms with van der Waals surface area (Å²) in [5.74, 6) is 1.72. The van der Waals surface area contributed by atoms with Gasteiger partial charge in [0.2, 0.25) is 0 Å². The fourth-order valence-corrected chi connectivity index (χ4v) is 2.49. The molecular formula is C15H21NO2. The summed E-state index contributed by atoms with van der Waals surface area (Å²) in [5.41, 5.74) is 0.774. The molecule has 0 bridgehead atoms. The first-order chi connectivity index (χ1) is 8.69. The third kappa shape index (κ3) is 3.33. The zero-order valence-electron chi connectivity index (χ0n) is 11.1. The highest BCUT2D eigenvalue weighted by Gasteiger charge is 2.21. The first-order valence-electron chi connectivity index (χ1n) is 6.59. The van der Waals surface area contributed by atoms with E-state index in [1.807, 2.05) is 24.3 Å². The molecule has 2 atom stereocenters. The van der Waals surface area contributed by atoms with Crippen molar-refractivity contribution in [2.75, 3.05) is 13.7 Å². The highest BCUT2D eigenvalue weighted by molar-refractivity contribution is 5.96. The van der Waals surface area contributed by atoms with Crippen molar-refractivity contribution in [3.63, 3.8) is 0 Å². The molecule has 1 aromatic rings. The number of hydrogen-bond acceptors (Lipinski definition) is 3. The lowest BCUT2D eigenvalue weighted by Crippen LogP contribution is -2.38. The van der Waals surface area contributed by atoms with Crippen LogP contribution in [0.3, 0.4) is 0 Å². The van der Waals surface area contributed by atoms with Gasteiger partial charge in [-0.15, -0.1) is 0 Å². The highest BCUT2D eigenvalue weighted by Crippen LogP contribution is 2.19. The molecule has 1 aliphatic heterocycles. The fraction of sp³-hybridized carbons (Fsp3) is 0.533. The minimum absolute atomic E-state index is 0.212. The van der Waals surface area contributed by atoms with Gasteiger partial charge in [0.15, 0.2) is 5.78 Å². The maximum Gasteiger partial charge on any atom is 0.164 e. The smallest absolute Gasteiger partial charge is 0.164 e. The van der Waals surface area contributed by atoms with Crippen LogP contribution in [-0.4, -0.2) is 25.5 Å². The normalized spacial score (nSPS) is 23.7. The van der Waals surface area contributed by atoms with Crippen molar-refractivity contribution in [1.82, 2.24) is 5.32 Å². The standard InChI is InChI=1S/C15H21NO2/c1-11-7-8-16-13(9-11)10-15(17)12-3-5-14(18-2)6-4-12/h3-6,11,13,16H,7-10H2,1-2H3. The molecule has 0 amide bonds. The van der Waals surface area contributed by atoms with E-state index in [-0.39, 0.29) is 5.78 Å². The Bertz CT molecular complexity index is 399. The van der Waals surface area contributed by atoms with Gasteiger partial charge in [-0.3, -0.25) is 4.79 Å². The molecule has 0 aromatic heterocycles. The van der Waals surface area contributed by atoms with Gasteiger partial charge >= 0.3 is 0 Å². The molecule has 3 heteroatoms. The van der Waals surface area contributed by atoms with Crippen molar-refractivity contribution in [2.24, 2.45) is 5.92 Å². The molecule has 0 radical (unpaired) electrons. The minimum atomic E-state index is 0.212. The second-order valence-corrected chi connectivity index (χ2v) is 5.14. The number of rotatable bonds is 4. The lowest BCUT2D eigenvalue weighted by Gasteiger charge is -2.27. The maximum atomic E-state index is 12.1. The van der Waals surface area contributed by atoms with Crippen LogP contribution < -0.4 is 10.1 Å². The van der Waals surface area contributed by atoms with Gasteiger partial charge < -0.3 is 10.1 Å². The molecule has 1 aromatic carbocycles. The van der Waals surface area contributed by atoms with E-state index in [9.17, 15) is 4.79 Å². The van der Waals surface area contributed by atoms with E-state index in [0.717, 1.165) is 30.2 Å². The van der Waals surface area contributed by atoms with Gasteiger partial charge in [0.25, 0.3) is 0 Å². The molecule has 1 heterocycles. The Morgan fingerprint density at radius 1 is 1.39 bits per heavy atom. The predicted octanol–water partition coefficient (Wildman–Crippen LogP) is 2.66. The third-order valence-corrected chi connectivity index (χ3v) is 3.60. The summed E-state index contributed by atoms with van der Waals surface area (Å²) in [4.78, 5) is 12.1. The number of Topliss-reactive ketones (excluding diaryl/α,β-unsaturated/α-hetero) is 1. The van der Waals surface area contributed by atoms with Crippen LogP contribution in [-0.2, 0) is 0 Å². The molecular weight excluding hydrogens is 226 g/mol. The third-order valence-electron chi connectivity index (χ3n) is 3.60. The Balaban J connectivity index is 1.94. The van der Waals surface area contributed by atoms with Gasteiger partial charge in [-0.1, -0.05) is 6.92 Å². The van der Waals surface area contributed by atoms with E-state index in [0.29, 0.717) is 12.5 Å². The molecule has 0 saturated carbocycles. The number of ketones is 1. The molecule has 1 aliphatic rings. The van der Waals surface area contributed by atoms with Crippen LogP contribution in [0.2, 0.25) is 0 Å². The van der Waals surface area contributed by atoms with Crippen LogP contribution in [0.1, 0.15) is 36.5 Å². The van der Waals surface area contributed by atoms with Gasteiger partial charge in [-0.25, -0.2) is 0 Å². The monoisotopic (exact) mass is 247 g/mol. The quantitative estimate of drug-likeness (QED) is 0.831. The summed E-state index contributed by atoms with van der Waals surface area (Å²) in [5, 5.41) is 3.43. The van der Waals surface area contributed by atoms with E-state index >= 15 is 0 Å². The number of benzene rings is 1. The molecule has 1 fully saturated rings. The van der Waals surface area contributed by atoms with E-state index in [1.54, 1.807) is 7.11 Å². The van der Waals surface area contributed by atoms with E-state index < -0.39 is 0 Å². The Labute approximate surface area is 109 Å². The van der Waals surface area contributed by atoms with Crippen molar-refractivity contribution >= 4 is 5.78 Å². The van der Waals surface area contributed by atoms with Gasteiger partial charge in [0, 0.05) is 18.0 Å². The van der Waals surface area contributed by atoms with Crippen LogP contribution in [0, 0.1) is 5.92 Å². The Morgan fingerprint density at radius 3 is 2.72 bits per heavy atom. The SMILES string of the molecule is COc1ccc(C(=O)CC2CC(C)CCN2)cc1. The number of carbonyl (C=O) groups is 1. The number of ether oxygens (including phenoxy) is 1. The maximum absolute atomic E-state index is 12.1. The van der Waals surface area contributed by atoms with Crippen LogP contribution in [0.4, 0.5) is 0 Å². The van der Waals surface area contributed by atoms with Crippen LogP contribution in [0.25, 0.3) is 0 Å². The van der Waals surface area contributed by atoms with Crippen molar-refractivity contribution in [2.45, 2.75) is 32.2 Å². The predicted molar refractivity (Wildman–Crippen MR) is 72.1 cm³/mol. The van der Waals surface area contributed by atoms with Gasteiger partial charge in [0.1, 0.15) is 5.75 Å². The summed E-state index contributed by atoms with van der Waals surface area (Å²) in [6, 6.07) is 7.69. The number of methoxy groups -OCH3 is 1. The summed E-state index contributed by atoms with van der Waals surface area (Å²) in [6.45, 7) is 3.29.